The van der Waals surface area contributed by atoms with Gasteiger partial charge in [-0.2, -0.15) is 13.2 Å². The van der Waals surface area contributed by atoms with E-state index in [2.05, 4.69) is 5.32 Å². The Morgan fingerprint density at radius 2 is 1.50 bits per heavy atom. The summed E-state index contributed by atoms with van der Waals surface area (Å²) in [5.41, 5.74) is 1.43. The summed E-state index contributed by atoms with van der Waals surface area (Å²) >= 11 is 5.63. The van der Waals surface area contributed by atoms with Gasteiger partial charge in [0, 0.05) is 5.69 Å². The van der Waals surface area contributed by atoms with E-state index in [1.54, 1.807) is 38.1 Å². The van der Waals surface area contributed by atoms with E-state index < -0.39 is 39.2 Å². The number of halogens is 4. The molecule has 1 N–H and O–H groups in total. The molecule has 0 heterocycles. The number of hydrogen-bond donors (Lipinski definition) is 1. The first-order valence-corrected chi connectivity index (χ1v) is 11.9. The highest BCUT2D eigenvalue weighted by molar-refractivity contribution is 7.92. The van der Waals surface area contributed by atoms with Crippen molar-refractivity contribution in [3.63, 3.8) is 0 Å². The Labute approximate surface area is 201 Å². The largest absolute Gasteiger partial charge is 0.417 e. The van der Waals surface area contributed by atoms with Gasteiger partial charge in [-0.15, -0.1) is 0 Å². The van der Waals surface area contributed by atoms with Gasteiger partial charge in [0.05, 0.1) is 21.2 Å². The molecule has 0 unspecified atom stereocenters. The maximum absolute atomic E-state index is 13.5. The van der Waals surface area contributed by atoms with Gasteiger partial charge < -0.3 is 5.32 Å². The molecule has 1 amide bonds. The molecular weight excluding hydrogens is 489 g/mol. The zero-order valence-corrected chi connectivity index (χ0v) is 20.1. The summed E-state index contributed by atoms with van der Waals surface area (Å²) in [4.78, 5) is 12.8. The second kappa shape index (κ2) is 9.68. The van der Waals surface area contributed by atoms with Crippen molar-refractivity contribution in [3.8, 4) is 0 Å². The van der Waals surface area contributed by atoms with Crippen LogP contribution in [0.2, 0.25) is 5.02 Å². The third-order valence-corrected chi connectivity index (χ3v) is 7.06. The average molecular weight is 511 g/mol. The number of nitrogens with zero attached hydrogens (tertiary/aromatic N) is 1. The maximum atomic E-state index is 13.5. The molecule has 0 radical (unpaired) electrons. The number of sulfonamides is 1. The van der Waals surface area contributed by atoms with Crippen LogP contribution in [0.3, 0.4) is 0 Å². The second-order valence-electron chi connectivity index (χ2n) is 7.91. The molecule has 0 atom stereocenters. The summed E-state index contributed by atoms with van der Waals surface area (Å²) < 4.78 is 67.3. The Bertz CT molecular complexity index is 1300. The van der Waals surface area contributed by atoms with Crippen molar-refractivity contribution in [2.45, 2.75) is 31.8 Å². The highest BCUT2D eigenvalue weighted by Gasteiger charge is 2.34. The van der Waals surface area contributed by atoms with Gasteiger partial charge in [-0.05, 0) is 74.4 Å². The molecule has 5 nitrogen and oxygen atoms in total. The monoisotopic (exact) mass is 510 g/mol. The topological polar surface area (TPSA) is 66.5 Å². The van der Waals surface area contributed by atoms with Crippen molar-refractivity contribution in [3.05, 3.63) is 87.9 Å². The van der Waals surface area contributed by atoms with Crippen LogP contribution in [0.4, 0.5) is 24.5 Å². The SMILES string of the molecule is Cc1ccc(S(=O)(=O)N(CC(=O)Nc2ccc(Cl)c(C(F)(F)F)c2)c2cc(C)cc(C)c2)cc1. The van der Waals surface area contributed by atoms with Gasteiger partial charge >= 0.3 is 6.18 Å². The van der Waals surface area contributed by atoms with E-state index in [0.717, 1.165) is 27.1 Å². The van der Waals surface area contributed by atoms with Crippen molar-refractivity contribution < 1.29 is 26.4 Å². The number of alkyl halides is 3. The van der Waals surface area contributed by atoms with E-state index >= 15 is 0 Å². The number of hydrogen-bond acceptors (Lipinski definition) is 3. The minimum atomic E-state index is -4.71. The fourth-order valence-corrected chi connectivity index (χ4v) is 5.03. The Hall–Kier alpha value is -3.04. The molecule has 3 rings (SSSR count). The van der Waals surface area contributed by atoms with Gasteiger partial charge in [0.1, 0.15) is 6.54 Å². The van der Waals surface area contributed by atoms with Crippen molar-refractivity contribution in [1.82, 2.24) is 0 Å². The van der Waals surface area contributed by atoms with E-state index in [1.165, 1.54) is 18.2 Å². The summed E-state index contributed by atoms with van der Waals surface area (Å²) in [6, 6.07) is 14.2. The first kappa shape index (κ1) is 25.6. The molecule has 0 aliphatic rings. The van der Waals surface area contributed by atoms with Crippen LogP contribution in [0.1, 0.15) is 22.3 Å². The first-order valence-electron chi connectivity index (χ1n) is 10.1. The minimum Gasteiger partial charge on any atom is -0.324 e. The van der Waals surface area contributed by atoms with Gasteiger partial charge in [0.25, 0.3) is 10.0 Å². The highest BCUT2D eigenvalue weighted by Crippen LogP contribution is 2.36. The van der Waals surface area contributed by atoms with Crippen LogP contribution in [0.15, 0.2) is 65.6 Å². The lowest BCUT2D eigenvalue weighted by molar-refractivity contribution is -0.137. The van der Waals surface area contributed by atoms with Gasteiger partial charge in [0.2, 0.25) is 5.91 Å². The van der Waals surface area contributed by atoms with Gasteiger partial charge in [-0.1, -0.05) is 35.4 Å². The van der Waals surface area contributed by atoms with Crippen LogP contribution in [0.25, 0.3) is 0 Å². The van der Waals surface area contributed by atoms with Crippen LogP contribution >= 0.6 is 11.6 Å². The lowest BCUT2D eigenvalue weighted by Crippen LogP contribution is -2.38. The molecule has 0 bridgehead atoms. The van der Waals surface area contributed by atoms with Gasteiger partial charge in [0.15, 0.2) is 0 Å². The number of rotatable bonds is 6. The Morgan fingerprint density at radius 1 is 0.912 bits per heavy atom. The number of benzene rings is 3. The number of aryl methyl sites for hydroxylation is 3. The van der Waals surface area contributed by atoms with Gasteiger partial charge in [-0.3, -0.25) is 9.10 Å². The lowest BCUT2D eigenvalue weighted by Gasteiger charge is -2.25. The number of nitrogens with one attached hydrogen (secondary N) is 1. The quantitative estimate of drug-likeness (QED) is 0.434. The van der Waals surface area contributed by atoms with E-state index in [1.807, 2.05) is 13.0 Å². The number of carbonyl (C=O) groups excluding carboxylic acids is 1. The molecular formula is C24H22ClF3N2O3S. The molecule has 0 aliphatic heterocycles. The molecule has 0 saturated carbocycles. The Balaban J connectivity index is 1.98. The van der Waals surface area contributed by atoms with Crippen LogP contribution < -0.4 is 9.62 Å². The van der Waals surface area contributed by atoms with Crippen molar-refractivity contribution in [2.24, 2.45) is 0 Å². The average Bonchev–Trinajstić information content (AvgIpc) is 2.72. The van der Waals surface area contributed by atoms with E-state index in [4.69, 9.17) is 11.6 Å². The molecule has 3 aromatic carbocycles. The Morgan fingerprint density at radius 3 is 2.06 bits per heavy atom. The van der Waals surface area contributed by atoms with E-state index in [-0.39, 0.29) is 16.3 Å². The molecule has 0 aromatic heterocycles. The summed E-state index contributed by atoms with van der Waals surface area (Å²) in [5.74, 6) is -0.815. The number of carbonyl (C=O) groups is 1. The van der Waals surface area contributed by atoms with Crippen molar-refractivity contribution in [1.29, 1.82) is 0 Å². The predicted molar refractivity (Wildman–Crippen MR) is 127 cm³/mol. The normalized spacial score (nSPS) is 11.9. The van der Waals surface area contributed by atoms with Crippen LogP contribution in [0, 0.1) is 20.8 Å². The molecule has 34 heavy (non-hydrogen) atoms. The third-order valence-electron chi connectivity index (χ3n) is 4.95. The lowest BCUT2D eigenvalue weighted by atomic mass is 10.1. The van der Waals surface area contributed by atoms with E-state index in [0.29, 0.717) is 6.07 Å². The second-order valence-corrected chi connectivity index (χ2v) is 10.2. The van der Waals surface area contributed by atoms with E-state index in [9.17, 15) is 26.4 Å². The summed E-state index contributed by atoms with van der Waals surface area (Å²) in [7, 11) is -4.16. The summed E-state index contributed by atoms with van der Waals surface area (Å²) in [6.45, 7) is 4.75. The predicted octanol–water partition coefficient (Wildman–Crippen LogP) is 6.12. The summed E-state index contributed by atoms with van der Waals surface area (Å²) in [6.07, 6.45) is -4.71. The molecule has 180 valence electrons. The number of amides is 1. The maximum Gasteiger partial charge on any atom is 0.417 e. The smallest absolute Gasteiger partial charge is 0.324 e. The standard InChI is InChI=1S/C24H22ClF3N2O3S/c1-15-4-7-20(8-5-15)34(32,33)30(19-11-16(2)10-17(3)12-19)14-23(31)29-18-6-9-22(25)21(13-18)24(26,27)28/h4-13H,14H2,1-3H3,(H,29,31). The molecule has 0 aliphatic carbocycles. The van der Waals surface area contributed by atoms with Gasteiger partial charge in [-0.25, -0.2) is 8.42 Å². The van der Waals surface area contributed by atoms with Crippen LogP contribution in [-0.2, 0) is 21.0 Å². The molecule has 0 fully saturated rings. The number of anilines is 2. The van der Waals surface area contributed by atoms with Crippen LogP contribution in [0.5, 0.6) is 0 Å². The van der Waals surface area contributed by atoms with Crippen molar-refractivity contribution in [2.75, 3.05) is 16.2 Å². The fraction of sp³-hybridized carbons (Fsp3) is 0.208. The summed E-state index contributed by atoms with van der Waals surface area (Å²) in [5, 5.41) is 1.83. The minimum absolute atomic E-state index is 0.0177. The Kier molecular flexibility index (Phi) is 7.28. The zero-order valence-electron chi connectivity index (χ0n) is 18.6. The third kappa shape index (κ3) is 5.90. The molecule has 0 spiro atoms. The fourth-order valence-electron chi connectivity index (χ4n) is 3.40. The molecule has 0 saturated heterocycles. The molecule has 3 aromatic rings. The molecule has 10 heteroatoms. The first-order chi connectivity index (χ1) is 15.8. The van der Waals surface area contributed by atoms with Crippen molar-refractivity contribution >= 4 is 38.9 Å². The zero-order chi connectivity index (χ0) is 25.3. The van der Waals surface area contributed by atoms with Crippen LogP contribution in [-0.4, -0.2) is 20.9 Å². The highest BCUT2D eigenvalue weighted by atomic mass is 35.5.